The number of hydrogen-bond acceptors (Lipinski definition) is 5. The lowest BCUT2D eigenvalue weighted by molar-refractivity contribution is -0.137. The lowest BCUT2D eigenvalue weighted by atomic mass is 10.1. The maximum absolute atomic E-state index is 13.3. The Bertz CT molecular complexity index is 1310. The van der Waals surface area contributed by atoms with Crippen LogP contribution in [0.4, 0.5) is 13.2 Å². The van der Waals surface area contributed by atoms with Gasteiger partial charge in [0.25, 0.3) is 0 Å². The van der Waals surface area contributed by atoms with Crippen LogP contribution in [0.3, 0.4) is 0 Å². The van der Waals surface area contributed by atoms with Crippen LogP contribution in [0.5, 0.6) is 0 Å². The van der Waals surface area contributed by atoms with Crippen molar-refractivity contribution in [3.05, 3.63) is 52.8 Å². The van der Waals surface area contributed by atoms with Crippen LogP contribution in [0.2, 0.25) is 5.02 Å². The van der Waals surface area contributed by atoms with Crippen LogP contribution < -0.4 is 0 Å². The number of benzene rings is 1. The van der Waals surface area contributed by atoms with Crippen molar-refractivity contribution in [3.8, 4) is 34.4 Å². The third kappa shape index (κ3) is 3.09. The highest BCUT2D eigenvalue weighted by Crippen LogP contribution is 2.41. The van der Waals surface area contributed by atoms with Crippen LogP contribution in [-0.2, 0) is 12.7 Å². The van der Waals surface area contributed by atoms with E-state index in [1.54, 1.807) is 17.0 Å². The first-order valence-electron chi connectivity index (χ1n) is 9.42. The Kier molecular flexibility index (Phi) is 4.37. The summed E-state index contributed by atoms with van der Waals surface area (Å²) < 4.78 is 43.6. The van der Waals surface area contributed by atoms with E-state index in [0.717, 1.165) is 17.2 Å². The molecule has 0 unspecified atom stereocenters. The first kappa shape index (κ1) is 19.7. The van der Waals surface area contributed by atoms with E-state index >= 15 is 0 Å². The Balaban J connectivity index is 1.65. The lowest BCUT2D eigenvalue weighted by Crippen LogP contribution is -2.22. The van der Waals surface area contributed by atoms with Gasteiger partial charge in [0.2, 0.25) is 11.6 Å². The largest absolute Gasteiger partial charge is 0.417 e. The predicted octanol–water partition coefficient (Wildman–Crippen LogP) is 4.82. The molecule has 5 rings (SSSR count). The molecule has 1 aliphatic heterocycles. The number of rotatable bonds is 2. The van der Waals surface area contributed by atoms with Gasteiger partial charge in [-0.3, -0.25) is 9.55 Å². The molecular formula is C20H15ClF3N7. The molecule has 31 heavy (non-hydrogen) atoms. The molecule has 0 N–H and O–H groups in total. The first-order valence-corrected chi connectivity index (χ1v) is 9.80. The minimum absolute atomic E-state index is 0.165. The number of pyridine rings is 1. The smallest absolute Gasteiger partial charge is 0.302 e. The quantitative estimate of drug-likeness (QED) is 0.442. The van der Waals surface area contributed by atoms with E-state index in [1.165, 1.54) is 12.1 Å². The molecule has 1 aliphatic rings. The van der Waals surface area contributed by atoms with Gasteiger partial charge in [0.15, 0.2) is 11.6 Å². The highest BCUT2D eigenvalue weighted by atomic mass is 35.5. The third-order valence-electron chi connectivity index (χ3n) is 5.21. The molecule has 0 radical (unpaired) electrons. The van der Waals surface area contributed by atoms with Crippen molar-refractivity contribution in [2.24, 2.45) is 0 Å². The molecule has 11 heteroatoms. The molecule has 0 spiro atoms. The number of alkyl halides is 3. The highest BCUT2D eigenvalue weighted by Gasteiger charge is 2.36. The molecule has 1 aromatic carbocycles. The first-order chi connectivity index (χ1) is 14.8. The Hall–Kier alpha value is -3.27. The average molecular weight is 446 g/mol. The van der Waals surface area contributed by atoms with Gasteiger partial charge in [0.05, 0.1) is 16.6 Å². The van der Waals surface area contributed by atoms with E-state index in [2.05, 4.69) is 25.4 Å². The van der Waals surface area contributed by atoms with Crippen molar-refractivity contribution < 1.29 is 13.2 Å². The van der Waals surface area contributed by atoms with Gasteiger partial charge in [0.1, 0.15) is 0 Å². The highest BCUT2D eigenvalue weighted by molar-refractivity contribution is 6.34. The predicted molar refractivity (Wildman–Crippen MR) is 107 cm³/mol. The summed E-state index contributed by atoms with van der Waals surface area (Å²) in [6.45, 7) is 4.35. The molecule has 0 amide bonds. The van der Waals surface area contributed by atoms with E-state index < -0.39 is 16.8 Å². The van der Waals surface area contributed by atoms with E-state index in [0.29, 0.717) is 24.0 Å². The minimum Gasteiger partial charge on any atom is -0.302 e. The zero-order chi connectivity index (χ0) is 21.9. The van der Waals surface area contributed by atoms with Gasteiger partial charge in [-0.1, -0.05) is 17.7 Å². The van der Waals surface area contributed by atoms with Crippen molar-refractivity contribution in [1.29, 1.82) is 0 Å². The van der Waals surface area contributed by atoms with E-state index in [-0.39, 0.29) is 17.4 Å². The van der Waals surface area contributed by atoms with Crippen molar-refractivity contribution in [2.75, 3.05) is 0 Å². The van der Waals surface area contributed by atoms with Gasteiger partial charge in [-0.25, -0.2) is 0 Å². The van der Waals surface area contributed by atoms with Crippen LogP contribution in [0.15, 0.2) is 36.7 Å². The second-order valence-corrected chi connectivity index (χ2v) is 7.82. The van der Waals surface area contributed by atoms with E-state index in [9.17, 15) is 13.2 Å². The third-order valence-corrected chi connectivity index (χ3v) is 5.62. The molecule has 0 aliphatic carbocycles. The Labute approximate surface area is 179 Å². The molecule has 3 aromatic heterocycles. The number of aromatic nitrogens is 7. The summed E-state index contributed by atoms with van der Waals surface area (Å²) in [5.74, 6) is 1.80. The summed E-state index contributed by atoms with van der Waals surface area (Å²) in [4.78, 5) is 4.21. The van der Waals surface area contributed by atoms with Crippen LogP contribution in [-0.4, -0.2) is 34.5 Å². The summed E-state index contributed by atoms with van der Waals surface area (Å²) in [5.41, 5.74) is 1.06. The van der Waals surface area contributed by atoms with E-state index in [1.807, 2.05) is 24.5 Å². The second-order valence-electron chi connectivity index (χ2n) is 7.44. The molecule has 4 aromatic rings. The maximum atomic E-state index is 13.3. The molecule has 0 bridgehead atoms. The van der Waals surface area contributed by atoms with E-state index in [4.69, 9.17) is 11.6 Å². The van der Waals surface area contributed by atoms with Crippen molar-refractivity contribution in [2.45, 2.75) is 32.6 Å². The van der Waals surface area contributed by atoms with Gasteiger partial charge in [0, 0.05) is 30.1 Å². The van der Waals surface area contributed by atoms with Gasteiger partial charge in [-0.15, -0.1) is 20.4 Å². The average Bonchev–Trinajstić information content (AvgIpc) is 3.32. The van der Waals surface area contributed by atoms with Crippen molar-refractivity contribution in [3.63, 3.8) is 0 Å². The molecule has 0 saturated carbocycles. The van der Waals surface area contributed by atoms with Gasteiger partial charge >= 0.3 is 6.18 Å². The summed E-state index contributed by atoms with van der Waals surface area (Å²) in [5, 5.41) is 16.6. The topological polar surface area (TPSA) is 74.3 Å². The minimum atomic E-state index is -4.57. The van der Waals surface area contributed by atoms with Crippen LogP contribution in [0, 0.1) is 6.92 Å². The standard InChI is InChI=1S/C20H15ClF3N7/c1-10-6-12(8-25-7-10)16-26-28-18-19-29-27-17(31(19)11(2)9-30(16)18)13-4-3-5-14(15(13)21)20(22,23)24/h3-8,11H,9H2,1-2H3/t11-/m0/s1. The molecular weight excluding hydrogens is 431 g/mol. The molecule has 158 valence electrons. The van der Waals surface area contributed by atoms with Gasteiger partial charge in [-0.05, 0) is 37.6 Å². The summed E-state index contributed by atoms with van der Waals surface area (Å²) in [7, 11) is 0. The van der Waals surface area contributed by atoms with Crippen LogP contribution >= 0.6 is 11.6 Å². The molecule has 7 nitrogen and oxygen atoms in total. The Morgan fingerprint density at radius 3 is 2.45 bits per heavy atom. The zero-order valence-electron chi connectivity index (χ0n) is 16.4. The van der Waals surface area contributed by atoms with Crippen LogP contribution in [0.1, 0.15) is 24.1 Å². The molecule has 4 heterocycles. The second kappa shape index (κ2) is 6.88. The maximum Gasteiger partial charge on any atom is 0.417 e. The number of nitrogens with zero attached hydrogens (tertiary/aromatic N) is 7. The van der Waals surface area contributed by atoms with Crippen molar-refractivity contribution >= 4 is 11.6 Å². The van der Waals surface area contributed by atoms with Gasteiger partial charge in [-0.2, -0.15) is 13.2 Å². The summed E-state index contributed by atoms with van der Waals surface area (Å²) in [6, 6.07) is 5.55. The number of fused-ring (bicyclic) bond motifs is 3. The van der Waals surface area contributed by atoms with Crippen molar-refractivity contribution in [1.82, 2.24) is 34.5 Å². The lowest BCUT2D eigenvalue weighted by Gasteiger charge is -2.25. The summed E-state index contributed by atoms with van der Waals surface area (Å²) in [6.07, 6.45) is -1.11. The fraction of sp³-hybridized carbons (Fsp3) is 0.250. The Morgan fingerprint density at radius 1 is 1.00 bits per heavy atom. The number of hydrogen-bond donors (Lipinski definition) is 0. The number of halogens is 4. The fourth-order valence-corrected chi connectivity index (χ4v) is 4.16. The number of aryl methyl sites for hydroxylation is 1. The fourth-order valence-electron chi connectivity index (χ4n) is 3.85. The summed E-state index contributed by atoms with van der Waals surface area (Å²) >= 11 is 6.13. The molecule has 0 fully saturated rings. The zero-order valence-corrected chi connectivity index (χ0v) is 17.1. The SMILES string of the molecule is Cc1cncc(-c2nnc3n2C[C@H](C)n2c(-c4cccc(C(F)(F)F)c4Cl)nnc2-3)c1. The monoisotopic (exact) mass is 445 g/mol. The molecule has 1 atom stereocenters. The molecule has 0 saturated heterocycles. The van der Waals surface area contributed by atoms with Gasteiger partial charge < -0.3 is 4.57 Å². The normalized spacial score (nSPS) is 15.6. The Morgan fingerprint density at radius 2 is 1.71 bits per heavy atom. The van der Waals surface area contributed by atoms with Crippen LogP contribution in [0.25, 0.3) is 34.4 Å².